The number of Topliss-reactive ketones (excluding diaryl/α,β-unsaturated/α-hetero) is 1. The van der Waals surface area contributed by atoms with E-state index in [0.29, 0.717) is 17.0 Å². The fraction of sp³-hybridized carbons (Fsp3) is 0.263. The Morgan fingerprint density at radius 3 is 3.15 bits per heavy atom. The molecule has 5 rings (SSSR count). The summed E-state index contributed by atoms with van der Waals surface area (Å²) in [6.07, 6.45) is 4.93. The number of rotatable bonds is 4. The smallest absolute Gasteiger partial charge is 0.262 e. The zero-order chi connectivity index (χ0) is 18.4. The van der Waals surface area contributed by atoms with Crippen LogP contribution in [0.2, 0.25) is 0 Å². The summed E-state index contributed by atoms with van der Waals surface area (Å²) in [4.78, 5) is 35.4. The van der Waals surface area contributed by atoms with Gasteiger partial charge in [-0.15, -0.1) is 11.3 Å². The summed E-state index contributed by atoms with van der Waals surface area (Å²) >= 11 is 3.19. The van der Waals surface area contributed by atoms with Gasteiger partial charge in [0.25, 0.3) is 5.91 Å². The highest BCUT2D eigenvalue weighted by Gasteiger charge is 2.22. The molecule has 0 bridgehead atoms. The van der Waals surface area contributed by atoms with Crippen LogP contribution in [-0.4, -0.2) is 34.0 Å². The van der Waals surface area contributed by atoms with Gasteiger partial charge < -0.3 is 10.1 Å². The Kier molecular flexibility index (Phi) is 4.09. The van der Waals surface area contributed by atoms with Gasteiger partial charge in [0.05, 0.1) is 11.4 Å². The first kappa shape index (κ1) is 16.7. The molecule has 6 nitrogen and oxygen atoms in total. The number of carbonyl (C=O) groups excluding carboxylic acids is 2. The van der Waals surface area contributed by atoms with Crippen LogP contribution >= 0.6 is 23.1 Å². The summed E-state index contributed by atoms with van der Waals surface area (Å²) in [7, 11) is 0. The Balaban J connectivity index is 1.38. The fourth-order valence-corrected chi connectivity index (χ4v) is 5.70. The van der Waals surface area contributed by atoms with Gasteiger partial charge in [0.1, 0.15) is 21.9 Å². The Hall–Kier alpha value is -2.45. The number of hydrogen-bond donors (Lipinski definition) is 1. The van der Waals surface area contributed by atoms with Crippen molar-refractivity contribution in [2.45, 2.75) is 24.3 Å². The molecule has 0 atom stereocenters. The molecule has 0 radical (unpaired) electrons. The first-order valence-electron chi connectivity index (χ1n) is 8.67. The first-order valence-corrected chi connectivity index (χ1v) is 10.5. The van der Waals surface area contributed by atoms with E-state index in [1.807, 2.05) is 0 Å². The zero-order valence-electron chi connectivity index (χ0n) is 14.3. The zero-order valence-corrected chi connectivity index (χ0v) is 15.9. The maximum Gasteiger partial charge on any atom is 0.262 e. The molecule has 1 N–H and O–H groups in total. The minimum absolute atomic E-state index is 0.00478. The molecule has 8 heteroatoms. The number of benzene rings is 1. The Labute approximate surface area is 163 Å². The number of thioether (sulfide) groups is 1. The number of ketones is 1. The van der Waals surface area contributed by atoms with Crippen LogP contribution in [0.25, 0.3) is 10.2 Å². The van der Waals surface area contributed by atoms with Gasteiger partial charge >= 0.3 is 0 Å². The lowest BCUT2D eigenvalue weighted by atomic mass is 10.1. The molecule has 0 unspecified atom stereocenters. The predicted octanol–water partition coefficient (Wildman–Crippen LogP) is 3.49. The fourth-order valence-electron chi connectivity index (χ4n) is 3.48. The number of anilines is 1. The number of fused-ring (bicyclic) bond motifs is 4. The number of carbonyl (C=O) groups is 2. The maximum absolute atomic E-state index is 12.7. The Morgan fingerprint density at radius 1 is 1.30 bits per heavy atom. The van der Waals surface area contributed by atoms with Crippen LogP contribution in [0.4, 0.5) is 5.69 Å². The van der Waals surface area contributed by atoms with E-state index in [-0.39, 0.29) is 24.1 Å². The first-order chi connectivity index (χ1) is 13.2. The van der Waals surface area contributed by atoms with E-state index in [4.69, 9.17) is 4.74 Å². The van der Waals surface area contributed by atoms with Crippen molar-refractivity contribution in [1.82, 2.24) is 9.97 Å². The number of hydrogen-bond acceptors (Lipinski definition) is 7. The number of nitrogens with zero attached hydrogens (tertiary/aromatic N) is 2. The summed E-state index contributed by atoms with van der Waals surface area (Å²) in [5.41, 5.74) is 2.45. The second-order valence-electron chi connectivity index (χ2n) is 6.48. The van der Waals surface area contributed by atoms with E-state index in [9.17, 15) is 9.59 Å². The van der Waals surface area contributed by atoms with Gasteiger partial charge in [-0.2, -0.15) is 0 Å². The third-order valence-corrected chi connectivity index (χ3v) is 6.93. The maximum atomic E-state index is 12.7. The van der Waals surface area contributed by atoms with Crippen molar-refractivity contribution in [3.8, 4) is 5.75 Å². The van der Waals surface area contributed by atoms with Crippen LogP contribution in [0.1, 0.15) is 27.2 Å². The lowest BCUT2D eigenvalue weighted by Crippen LogP contribution is -2.25. The highest BCUT2D eigenvalue weighted by Crippen LogP contribution is 2.40. The minimum Gasteiger partial charge on any atom is -0.482 e. The highest BCUT2D eigenvalue weighted by molar-refractivity contribution is 8.00. The lowest BCUT2D eigenvalue weighted by molar-refractivity contribution is -0.118. The number of amides is 1. The van der Waals surface area contributed by atoms with Crippen molar-refractivity contribution >= 4 is 50.7 Å². The number of ether oxygens (including phenoxy) is 1. The molecule has 0 saturated heterocycles. The number of aryl methyl sites for hydroxylation is 2. The van der Waals surface area contributed by atoms with Crippen molar-refractivity contribution < 1.29 is 14.3 Å². The van der Waals surface area contributed by atoms with Gasteiger partial charge in [-0.1, -0.05) is 11.8 Å². The average molecular weight is 397 g/mol. The van der Waals surface area contributed by atoms with Gasteiger partial charge in [-0.25, -0.2) is 9.97 Å². The molecule has 0 spiro atoms. The number of aromatic nitrogens is 2. The molecule has 3 aromatic rings. The van der Waals surface area contributed by atoms with Crippen LogP contribution in [-0.2, 0) is 17.6 Å². The molecule has 0 fully saturated rings. The standard InChI is InChI=1S/C19H15N3O3S2/c23-13(10-4-5-14-12(6-10)22-16(24)7-25-14)8-26-18-17-11-2-1-3-15(11)27-19(17)21-9-20-18/h4-6,9H,1-3,7-8H2,(H,22,24). The lowest BCUT2D eigenvalue weighted by Gasteiger charge is -2.18. The molecule has 2 aliphatic rings. The third-order valence-electron chi connectivity index (χ3n) is 4.74. The Bertz CT molecular complexity index is 1090. The van der Waals surface area contributed by atoms with Gasteiger partial charge in [0, 0.05) is 15.8 Å². The van der Waals surface area contributed by atoms with E-state index < -0.39 is 0 Å². The molecule has 136 valence electrons. The second kappa shape index (κ2) is 6.61. The number of nitrogens with one attached hydrogen (secondary N) is 1. The molecular weight excluding hydrogens is 382 g/mol. The van der Waals surface area contributed by atoms with Gasteiger partial charge in [0.2, 0.25) is 0 Å². The molecule has 0 saturated carbocycles. The van der Waals surface area contributed by atoms with E-state index in [2.05, 4.69) is 15.3 Å². The Morgan fingerprint density at radius 2 is 2.22 bits per heavy atom. The average Bonchev–Trinajstić information content (AvgIpc) is 3.26. The van der Waals surface area contributed by atoms with Crippen molar-refractivity contribution in [1.29, 1.82) is 0 Å². The second-order valence-corrected chi connectivity index (χ2v) is 8.52. The molecule has 1 aliphatic heterocycles. The molecule has 2 aromatic heterocycles. The van der Waals surface area contributed by atoms with E-state index in [1.165, 1.54) is 28.6 Å². The number of thiophene rings is 1. The van der Waals surface area contributed by atoms with Crippen molar-refractivity contribution in [2.24, 2.45) is 0 Å². The van der Waals surface area contributed by atoms with Crippen LogP contribution < -0.4 is 10.1 Å². The molecular formula is C19H15N3O3S2. The monoisotopic (exact) mass is 397 g/mol. The van der Waals surface area contributed by atoms with E-state index >= 15 is 0 Å². The molecule has 27 heavy (non-hydrogen) atoms. The largest absolute Gasteiger partial charge is 0.482 e. The highest BCUT2D eigenvalue weighted by atomic mass is 32.2. The predicted molar refractivity (Wildman–Crippen MR) is 105 cm³/mol. The van der Waals surface area contributed by atoms with E-state index in [0.717, 1.165) is 28.1 Å². The third kappa shape index (κ3) is 2.98. The van der Waals surface area contributed by atoms with Crippen molar-refractivity contribution in [2.75, 3.05) is 17.7 Å². The van der Waals surface area contributed by atoms with Crippen molar-refractivity contribution in [3.63, 3.8) is 0 Å². The van der Waals surface area contributed by atoms with Gasteiger partial charge in [0.15, 0.2) is 12.4 Å². The topological polar surface area (TPSA) is 81.2 Å². The molecule has 3 heterocycles. The quantitative estimate of drug-likeness (QED) is 0.412. The summed E-state index contributed by atoms with van der Waals surface area (Å²) in [6, 6.07) is 5.13. The van der Waals surface area contributed by atoms with E-state index in [1.54, 1.807) is 35.9 Å². The van der Waals surface area contributed by atoms with Crippen molar-refractivity contribution in [3.05, 3.63) is 40.5 Å². The molecule has 1 aromatic carbocycles. The van der Waals surface area contributed by atoms with Gasteiger partial charge in [-0.05, 0) is 43.0 Å². The van der Waals surface area contributed by atoms with Crippen LogP contribution in [0, 0.1) is 0 Å². The molecule has 1 amide bonds. The summed E-state index contributed by atoms with van der Waals surface area (Å²) in [5, 5.41) is 4.74. The normalized spacial score (nSPS) is 15.2. The van der Waals surface area contributed by atoms with Crippen LogP contribution in [0.5, 0.6) is 5.75 Å². The SMILES string of the molecule is O=C1COc2ccc(C(=O)CSc3ncnc4sc5c(c34)CCC5)cc2N1. The summed E-state index contributed by atoms with van der Waals surface area (Å²) < 4.78 is 5.34. The van der Waals surface area contributed by atoms with Crippen LogP contribution in [0.15, 0.2) is 29.6 Å². The molecule has 1 aliphatic carbocycles. The van der Waals surface area contributed by atoms with Gasteiger partial charge in [-0.3, -0.25) is 9.59 Å². The summed E-state index contributed by atoms with van der Waals surface area (Å²) in [6.45, 7) is 0.00478. The van der Waals surface area contributed by atoms with Crippen LogP contribution in [0.3, 0.4) is 0 Å². The minimum atomic E-state index is -0.212. The summed E-state index contributed by atoms with van der Waals surface area (Å²) in [5.74, 6) is 0.646.